The minimum absolute atomic E-state index is 0. The van der Waals surface area contributed by atoms with Crippen molar-refractivity contribution in [3.8, 4) is 0 Å². The van der Waals surface area contributed by atoms with Gasteiger partial charge in [0.1, 0.15) is 0 Å². The zero-order valence-electron chi connectivity index (χ0n) is 6.24. The van der Waals surface area contributed by atoms with Crippen molar-refractivity contribution in [2.45, 2.75) is 6.18 Å². The van der Waals surface area contributed by atoms with Crippen LogP contribution in [0.3, 0.4) is 0 Å². The Kier molecular flexibility index (Phi) is 5.43. The predicted molar refractivity (Wildman–Crippen MR) is 30.2 cm³/mol. The van der Waals surface area contributed by atoms with Crippen LogP contribution >= 0.6 is 0 Å². The molecule has 12 heavy (non-hydrogen) atoms. The molecule has 1 aromatic rings. The normalized spacial score (nSPS) is 10.7. The Bertz CT molecular complexity index is 256. The van der Waals surface area contributed by atoms with Crippen molar-refractivity contribution in [3.05, 3.63) is 35.6 Å². The predicted octanol–water partition coefficient (Wildman–Crippen LogP) is -0.351. The molecule has 5 heteroatoms. The fraction of sp³-hybridized carbons (Fsp3) is 0.143. The fourth-order valence-electron chi connectivity index (χ4n) is 0.640. The quantitative estimate of drug-likeness (QED) is 0.453. The summed E-state index contributed by atoms with van der Waals surface area (Å²) < 4.78 is 47.7. The van der Waals surface area contributed by atoms with E-state index in [-0.39, 0.29) is 68.9 Å². The zero-order valence-corrected chi connectivity index (χ0v) is 12.5. The Morgan fingerprint density at radius 1 is 1.25 bits per heavy atom. The van der Waals surface area contributed by atoms with Crippen LogP contribution in [-0.4, -0.2) is 0 Å². The molecule has 60 valence electrons. The van der Waals surface area contributed by atoms with E-state index in [2.05, 4.69) is 6.07 Å². The molecule has 0 saturated heterocycles. The van der Waals surface area contributed by atoms with Crippen molar-refractivity contribution in [2.75, 3.05) is 0 Å². The van der Waals surface area contributed by atoms with E-state index in [9.17, 15) is 17.6 Å². The molecule has 0 aliphatic rings. The first kappa shape index (κ1) is 13.0. The van der Waals surface area contributed by atoms with Crippen molar-refractivity contribution in [2.24, 2.45) is 0 Å². The second kappa shape index (κ2) is 5.02. The third kappa shape index (κ3) is 3.39. The monoisotopic (exact) mass is 296 g/mol. The van der Waals surface area contributed by atoms with E-state index in [0.717, 1.165) is 6.07 Å². The van der Waals surface area contributed by atoms with E-state index >= 15 is 0 Å². The molecule has 0 heterocycles. The maximum Gasteiger partial charge on any atom is 1.00 e. The van der Waals surface area contributed by atoms with Gasteiger partial charge < -0.3 is 0 Å². The minimum atomic E-state index is -4.61. The van der Waals surface area contributed by atoms with Gasteiger partial charge in [0, 0.05) is 5.82 Å². The average Bonchev–Trinajstić information content (AvgIpc) is 1.86. The molecule has 0 spiro atoms. The number of hydrogen-bond donors (Lipinski definition) is 0. The molecule has 0 nitrogen and oxygen atoms in total. The van der Waals surface area contributed by atoms with Gasteiger partial charge in [-0.2, -0.15) is 31.4 Å². The molecule has 0 N–H and O–H groups in total. The first-order valence-electron chi connectivity index (χ1n) is 2.74. The van der Waals surface area contributed by atoms with Gasteiger partial charge in [0.05, 0.1) is 0 Å². The standard InChI is InChI=1S/C7H3F4.Cs/c8-6-4-2-1-3-5(6)7(9,10)11;/h1,3-4H;/q-1;+1. The Hall–Kier alpha value is 0.992. The maximum absolute atomic E-state index is 12.3. The molecule has 1 rings (SSSR count). The molecule has 1 aromatic carbocycles. The molecular weight excluding hydrogens is 293 g/mol. The molecule has 0 aliphatic carbocycles. The third-order valence-corrected chi connectivity index (χ3v) is 1.12. The Balaban J connectivity index is 0.00000121. The first-order valence-corrected chi connectivity index (χ1v) is 2.74. The number of halogens is 4. The van der Waals surface area contributed by atoms with Gasteiger partial charge >= 0.3 is 75.1 Å². The van der Waals surface area contributed by atoms with Gasteiger partial charge in [0.25, 0.3) is 0 Å². The maximum atomic E-state index is 12.3. The van der Waals surface area contributed by atoms with Crippen LogP contribution in [0, 0.1) is 11.9 Å². The topological polar surface area (TPSA) is 0 Å². The summed E-state index contributed by atoms with van der Waals surface area (Å²) >= 11 is 0. The van der Waals surface area contributed by atoms with Gasteiger partial charge in [-0.05, 0) is 5.56 Å². The molecule has 0 amide bonds. The van der Waals surface area contributed by atoms with E-state index in [4.69, 9.17) is 0 Å². The summed E-state index contributed by atoms with van der Waals surface area (Å²) in [5.41, 5.74) is -1.25. The van der Waals surface area contributed by atoms with Gasteiger partial charge in [-0.3, -0.25) is 4.39 Å². The molecule has 0 bridgehead atoms. The van der Waals surface area contributed by atoms with Crippen molar-refractivity contribution in [1.29, 1.82) is 0 Å². The number of hydrogen-bond acceptors (Lipinski definition) is 0. The van der Waals surface area contributed by atoms with Crippen molar-refractivity contribution in [1.82, 2.24) is 0 Å². The number of rotatable bonds is 0. The fourth-order valence-corrected chi connectivity index (χ4v) is 0.640. The smallest absolute Gasteiger partial charge is 0.284 e. The summed E-state index contributed by atoms with van der Waals surface area (Å²) in [6, 6.07) is 4.52. The van der Waals surface area contributed by atoms with Gasteiger partial charge in [-0.15, -0.1) is 6.07 Å². The van der Waals surface area contributed by atoms with E-state index in [0.29, 0.717) is 12.1 Å². The minimum Gasteiger partial charge on any atom is -0.284 e. The van der Waals surface area contributed by atoms with Crippen LogP contribution in [0.5, 0.6) is 0 Å². The summed E-state index contributed by atoms with van der Waals surface area (Å²) in [4.78, 5) is 0. The Morgan fingerprint density at radius 3 is 2.17 bits per heavy atom. The van der Waals surface area contributed by atoms with E-state index in [1.54, 1.807) is 0 Å². The van der Waals surface area contributed by atoms with Crippen LogP contribution < -0.4 is 68.9 Å². The molecule has 0 fully saturated rings. The van der Waals surface area contributed by atoms with Crippen LogP contribution in [0.25, 0.3) is 0 Å². The van der Waals surface area contributed by atoms with E-state index in [1.807, 2.05) is 0 Å². The summed E-state index contributed by atoms with van der Waals surface area (Å²) in [6.45, 7) is 0. The zero-order chi connectivity index (χ0) is 8.48. The van der Waals surface area contributed by atoms with Gasteiger partial charge in [0.15, 0.2) is 0 Å². The van der Waals surface area contributed by atoms with Crippen LogP contribution in [0.15, 0.2) is 18.2 Å². The third-order valence-electron chi connectivity index (χ3n) is 1.12. The SMILES string of the molecule is Fc1c[c-]ccc1C(F)(F)F.[Cs+]. The van der Waals surface area contributed by atoms with Crippen molar-refractivity contribution < 1.29 is 86.5 Å². The Labute approximate surface area is 126 Å². The average molecular weight is 296 g/mol. The summed E-state index contributed by atoms with van der Waals surface area (Å²) in [5.74, 6) is -1.29. The van der Waals surface area contributed by atoms with Crippen LogP contribution in [0.2, 0.25) is 0 Å². The summed E-state index contributed by atoms with van der Waals surface area (Å²) in [5, 5.41) is 0. The molecule has 0 atom stereocenters. The van der Waals surface area contributed by atoms with E-state index in [1.165, 1.54) is 0 Å². The molecule has 0 aromatic heterocycles. The number of benzene rings is 1. The van der Waals surface area contributed by atoms with Gasteiger partial charge in [-0.1, -0.05) is 0 Å². The first-order chi connectivity index (χ1) is 5.02. The van der Waals surface area contributed by atoms with Crippen LogP contribution in [-0.2, 0) is 6.18 Å². The van der Waals surface area contributed by atoms with Crippen LogP contribution in [0.4, 0.5) is 17.6 Å². The Morgan fingerprint density at radius 2 is 1.83 bits per heavy atom. The second-order valence-electron chi connectivity index (χ2n) is 1.90. The van der Waals surface area contributed by atoms with Crippen LogP contribution in [0.1, 0.15) is 5.56 Å². The molecule has 0 aliphatic heterocycles. The summed E-state index contributed by atoms with van der Waals surface area (Å²) in [7, 11) is 0. The molecule has 0 saturated carbocycles. The molecular formula is C7H3CsF4. The van der Waals surface area contributed by atoms with Gasteiger partial charge in [-0.25, -0.2) is 0 Å². The number of alkyl halides is 3. The van der Waals surface area contributed by atoms with E-state index < -0.39 is 17.6 Å². The van der Waals surface area contributed by atoms with Crippen molar-refractivity contribution in [3.63, 3.8) is 0 Å². The molecule has 0 radical (unpaired) electrons. The second-order valence-corrected chi connectivity index (χ2v) is 1.90. The van der Waals surface area contributed by atoms with Crippen molar-refractivity contribution >= 4 is 0 Å². The van der Waals surface area contributed by atoms with Gasteiger partial charge in [0.2, 0.25) is 0 Å². The largest absolute Gasteiger partial charge is 1.00 e. The summed E-state index contributed by atoms with van der Waals surface area (Å²) in [6.07, 6.45) is -4.61. The molecule has 0 unspecified atom stereocenters.